The summed E-state index contributed by atoms with van der Waals surface area (Å²) < 4.78 is 0. The Hall–Kier alpha value is -0.510. The second-order valence-electron chi connectivity index (χ2n) is 5.74. The standard InChI is InChI=1S/C16H26N2S/c1-12-7-8-13(2)14(9-12)10-15(18-17)11-19-16-5-3-4-6-16/h7-9,15-16,18H,3-6,10-11,17H2,1-2H3. The van der Waals surface area contributed by atoms with Gasteiger partial charge in [0.15, 0.2) is 0 Å². The molecule has 1 unspecified atom stereocenters. The summed E-state index contributed by atoms with van der Waals surface area (Å²) in [5, 5.41) is 0.870. The second-order valence-corrected chi connectivity index (χ2v) is 7.07. The molecule has 2 rings (SSSR count). The maximum absolute atomic E-state index is 5.73. The van der Waals surface area contributed by atoms with Crippen LogP contribution in [0, 0.1) is 13.8 Å². The molecule has 2 nitrogen and oxygen atoms in total. The van der Waals surface area contributed by atoms with E-state index in [0.29, 0.717) is 6.04 Å². The van der Waals surface area contributed by atoms with Crippen molar-refractivity contribution in [1.29, 1.82) is 0 Å². The second kappa shape index (κ2) is 7.32. The highest BCUT2D eigenvalue weighted by atomic mass is 32.2. The van der Waals surface area contributed by atoms with Gasteiger partial charge >= 0.3 is 0 Å². The van der Waals surface area contributed by atoms with E-state index in [9.17, 15) is 0 Å². The Kier molecular flexibility index (Phi) is 5.74. The number of benzene rings is 1. The van der Waals surface area contributed by atoms with Crippen molar-refractivity contribution in [2.75, 3.05) is 5.75 Å². The van der Waals surface area contributed by atoms with E-state index in [1.165, 1.54) is 42.4 Å². The van der Waals surface area contributed by atoms with Gasteiger partial charge in [0.25, 0.3) is 0 Å². The van der Waals surface area contributed by atoms with E-state index in [-0.39, 0.29) is 0 Å². The number of hydrogen-bond acceptors (Lipinski definition) is 3. The lowest BCUT2D eigenvalue weighted by molar-refractivity contribution is 0.573. The highest BCUT2D eigenvalue weighted by Gasteiger charge is 2.18. The molecule has 0 bridgehead atoms. The molecule has 0 saturated heterocycles. The van der Waals surface area contributed by atoms with Gasteiger partial charge in [-0.05, 0) is 44.2 Å². The van der Waals surface area contributed by atoms with Crippen molar-refractivity contribution in [3.63, 3.8) is 0 Å². The summed E-state index contributed by atoms with van der Waals surface area (Å²) in [5.74, 6) is 6.85. The molecule has 1 aromatic carbocycles. The summed E-state index contributed by atoms with van der Waals surface area (Å²) in [6.45, 7) is 4.34. The molecular formula is C16H26N2S. The molecule has 1 fully saturated rings. The first-order chi connectivity index (χ1) is 9.19. The average Bonchev–Trinajstić information content (AvgIpc) is 2.91. The Morgan fingerprint density at radius 1 is 1.32 bits per heavy atom. The van der Waals surface area contributed by atoms with Gasteiger partial charge < -0.3 is 0 Å². The molecule has 19 heavy (non-hydrogen) atoms. The molecule has 1 aromatic rings. The SMILES string of the molecule is Cc1ccc(C)c(CC(CSC2CCCC2)NN)c1. The summed E-state index contributed by atoms with van der Waals surface area (Å²) in [6, 6.07) is 7.06. The van der Waals surface area contributed by atoms with E-state index in [4.69, 9.17) is 5.84 Å². The lowest BCUT2D eigenvalue weighted by Gasteiger charge is -2.19. The van der Waals surface area contributed by atoms with Crippen LogP contribution in [0.25, 0.3) is 0 Å². The predicted molar refractivity (Wildman–Crippen MR) is 85.4 cm³/mol. The number of hydrazine groups is 1. The maximum Gasteiger partial charge on any atom is 0.0341 e. The summed E-state index contributed by atoms with van der Waals surface area (Å²) in [7, 11) is 0. The van der Waals surface area contributed by atoms with Gasteiger partial charge in [0.2, 0.25) is 0 Å². The lowest BCUT2D eigenvalue weighted by Crippen LogP contribution is -2.39. The third kappa shape index (κ3) is 4.51. The average molecular weight is 278 g/mol. The van der Waals surface area contributed by atoms with Gasteiger partial charge in [-0.2, -0.15) is 11.8 Å². The molecule has 3 heteroatoms. The molecule has 1 aliphatic rings. The zero-order valence-electron chi connectivity index (χ0n) is 12.1. The van der Waals surface area contributed by atoms with Gasteiger partial charge in [-0.1, -0.05) is 36.6 Å². The van der Waals surface area contributed by atoms with Crippen LogP contribution in [-0.4, -0.2) is 17.0 Å². The van der Waals surface area contributed by atoms with Crippen molar-refractivity contribution < 1.29 is 0 Å². The van der Waals surface area contributed by atoms with Crippen LogP contribution in [0.3, 0.4) is 0 Å². The number of rotatable bonds is 6. The molecular weight excluding hydrogens is 252 g/mol. The lowest BCUT2D eigenvalue weighted by atomic mass is 10.00. The number of nitrogens with one attached hydrogen (secondary N) is 1. The normalized spacial score (nSPS) is 17.8. The summed E-state index contributed by atoms with van der Waals surface area (Å²) in [4.78, 5) is 0. The fourth-order valence-corrected chi connectivity index (χ4v) is 4.14. The fourth-order valence-electron chi connectivity index (χ4n) is 2.76. The third-order valence-corrected chi connectivity index (χ3v) is 5.58. The minimum Gasteiger partial charge on any atom is -0.271 e. The first-order valence-electron chi connectivity index (χ1n) is 7.33. The topological polar surface area (TPSA) is 38.0 Å². The van der Waals surface area contributed by atoms with E-state index in [1.807, 2.05) is 0 Å². The molecule has 0 aliphatic heterocycles. The van der Waals surface area contributed by atoms with Crippen molar-refractivity contribution in [2.45, 2.75) is 57.2 Å². The minimum atomic E-state index is 0.381. The molecule has 0 spiro atoms. The van der Waals surface area contributed by atoms with Crippen molar-refractivity contribution in [2.24, 2.45) is 5.84 Å². The van der Waals surface area contributed by atoms with E-state index >= 15 is 0 Å². The van der Waals surface area contributed by atoms with Crippen LogP contribution < -0.4 is 11.3 Å². The third-order valence-electron chi connectivity index (χ3n) is 4.04. The van der Waals surface area contributed by atoms with E-state index in [2.05, 4.69) is 49.2 Å². The molecule has 3 N–H and O–H groups in total. The molecule has 0 heterocycles. The molecule has 0 amide bonds. The summed E-state index contributed by atoms with van der Waals surface area (Å²) >= 11 is 2.10. The number of hydrogen-bond donors (Lipinski definition) is 2. The Morgan fingerprint density at radius 2 is 2.05 bits per heavy atom. The minimum absolute atomic E-state index is 0.381. The van der Waals surface area contributed by atoms with Gasteiger partial charge in [-0.25, -0.2) is 0 Å². The van der Waals surface area contributed by atoms with Gasteiger partial charge in [0.05, 0.1) is 0 Å². The Balaban J connectivity index is 1.88. The van der Waals surface area contributed by atoms with E-state index in [0.717, 1.165) is 17.4 Å². The number of aryl methyl sites for hydroxylation is 2. The van der Waals surface area contributed by atoms with Crippen LogP contribution in [0.5, 0.6) is 0 Å². The molecule has 1 atom stereocenters. The van der Waals surface area contributed by atoms with Crippen molar-refractivity contribution in [3.8, 4) is 0 Å². The first kappa shape index (κ1) is 14.9. The Morgan fingerprint density at radius 3 is 2.74 bits per heavy atom. The quantitative estimate of drug-likeness (QED) is 0.619. The molecule has 1 saturated carbocycles. The van der Waals surface area contributed by atoms with E-state index in [1.54, 1.807) is 0 Å². The zero-order valence-corrected chi connectivity index (χ0v) is 12.9. The first-order valence-corrected chi connectivity index (χ1v) is 8.38. The van der Waals surface area contributed by atoms with Gasteiger partial charge in [0.1, 0.15) is 0 Å². The monoisotopic (exact) mass is 278 g/mol. The van der Waals surface area contributed by atoms with Crippen LogP contribution in [0.4, 0.5) is 0 Å². The van der Waals surface area contributed by atoms with Crippen molar-refractivity contribution in [3.05, 3.63) is 34.9 Å². The maximum atomic E-state index is 5.73. The molecule has 1 aliphatic carbocycles. The number of nitrogens with two attached hydrogens (primary N) is 1. The smallest absolute Gasteiger partial charge is 0.0341 e. The van der Waals surface area contributed by atoms with Crippen LogP contribution in [0.1, 0.15) is 42.4 Å². The van der Waals surface area contributed by atoms with Crippen LogP contribution in [-0.2, 0) is 6.42 Å². The van der Waals surface area contributed by atoms with Gasteiger partial charge in [-0.3, -0.25) is 11.3 Å². The van der Waals surface area contributed by atoms with Crippen LogP contribution >= 0.6 is 11.8 Å². The van der Waals surface area contributed by atoms with Crippen LogP contribution in [0.2, 0.25) is 0 Å². The van der Waals surface area contributed by atoms with Gasteiger partial charge in [0, 0.05) is 17.0 Å². The molecule has 0 radical (unpaired) electrons. The number of thioether (sulfide) groups is 1. The largest absolute Gasteiger partial charge is 0.271 e. The van der Waals surface area contributed by atoms with Crippen LogP contribution in [0.15, 0.2) is 18.2 Å². The summed E-state index contributed by atoms with van der Waals surface area (Å²) in [6.07, 6.45) is 6.64. The predicted octanol–water partition coefficient (Wildman–Crippen LogP) is 3.35. The van der Waals surface area contributed by atoms with Gasteiger partial charge in [-0.15, -0.1) is 0 Å². The Bertz CT molecular complexity index is 400. The molecule has 106 valence electrons. The Labute approximate surface area is 121 Å². The fraction of sp³-hybridized carbons (Fsp3) is 0.625. The highest BCUT2D eigenvalue weighted by Crippen LogP contribution is 2.30. The zero-order chi connectivity index (χ0) is 13.7. The highest BCUT2D eigenvalue weighted by molar-refractivity contribution is 7.99. The van der Waals surface area contributed by atoms with Crippen molar-refractivity contribution >= 4 is 11.8 Å². The summed E-state index contributed by atoms with van der Waals surface area (Å²) in [5.41, 5.74) is 7.13. The van der Waals surface area contributed by atoms with E-state index < -0.39 is 0 Å². The molecule has 0 aromatic heterocycles. The van der Waals surface area contributed by atoms with Crippen molar-refractivity contribution in [1.82, 2.24) is 5.43 Å².